The fraction of sp³-hybridized carbons (Fsp3) is 0.727. The minimum atomic E-state index is -4.94. The van der Waals surface area contributed by atoms with Crippen molar-refractivity contribution in [1.82, 2.24) is 0 Å². The summed E-state index contributed by atoms with van der Waals surface area (Å²) in [6.07, 6.45) is -3.09. The van der Waals surface area contributed by atoms with E-state index < -0.39 is 12.1 Å². The van der Waals surface area contributed by atoms with Gasteiger partial charge in [-0.1, -0.05) is 27.7 Å². The lowest BCUT2D eigenvalue weighted by Crippen LogP contribution is -2.25. The molecule has 0 spiro atoms. The minimum absolute atomic E-state index is 0.0368. The molecule has 0 aromatic rings. The van der Waals surface area contributed by atoms with Crippen LogP contribution in [0.1, 0.15) is 34.1 Å². The highest BCUT2D eigenvalue weighted by Crippen LogP contribution is 2.22. The van der Waals surface area contributed by atoms with Gasteiger partial charge in [0.05, 0.1) is 0 Å². The van der Waals surface area contributed by atoms with E-state index in [1.54, 1.807) is 0 Å². The molecule has 0 unspecified atom stereocenters. The Hall–Kier alpha value is -1.00. The molecule has 0 fully saturated rings. The molecular weight excluding hydrogens is 221 g/mol. The lowest BCUT2D eigenvalue weighted by Gasteiger charge is -2.13. The molecule has 0 rings (SSSR count). The lowest BCUT2D eigenvalue weighted by molar-refractivity contribution is -0.195. The van der Waals surface area contributed by atoms with E-state index >= 15 is 0 Å². The zero-order valence-corrected chi connectivity index (χ0v) is 9.89. The Morgan fingerprint density at radius 2 is 1.75 bits per heavy atom. The second-order valence-electron chi connectivity index (χ2n) is 4.36. The van der Waals surface area contributed by atoms with Crippen molar-refractivity contribution in [2.75, 3.05) is 0 Å². The second kappa shape index (κ2) is 5.92. The molecular formula is C11H17F3O2. The normalized spacial score (nSPS) is 13.4. The summed E-state index contributed by atoms with van der Waals surface area (Å²) in [5.74, 6) is -1.90. The van der Waals surface area contributed by atoms with E-state index in [1.807, 2.05) is 27.7 Å². The Balaban J connectivity index is 4.63. The third-order valence-electron chi connectivity index (χ3n) is 1.58. The Morgan fingerprint density at radius 3 is 2.06 bits per heavy atom. The van der Waals surface area contributed by atoms with Gasteiger partial charge in [0.15, 0.2) is 0 Å². The Bertz CT molecular complexity index is 265. The van der Waals surface area contributed by atoms with E-state index in [9.17, 15) is 18.0 Å². The molecule has 0 aliphatic carbocycles. The summed E-state index contributed by atoms with van der Waals surface area (Å²) in [6.45, 7) is 7.30. The molecule has 5 heteroatoms. The highest BCUT2D eigenvalue weighted by Gasteiger charge is 2.41. The van der Waals surface area contributed by atoms with Crippen LogP contribution in [0.15, 0.2) is 11.8 Å². The second-order valence-corrected chi connectivity index (χ2v) is 4.36. The predicted molar refractivity (Wildman–Crippen MR) is 54.5 cm³/mol. The van der Waals surface area contributed by atoms with Crippen molar-refractivity contribution in [3.05, 3.63) is 11.8 Å². The maximum atomic E-state index is 12.0. The third-order valence-corrected chi connectivity index (χ3v) is 1.58. The lowest BCUT2D eigenvalue weighted by atomic mass is 10.1. The molecule has 0 N–H and O–H groups in total. The summed E-state index contributed by atoms with van der Waals surface area (Å²) >= 11 is 0. The van der Waals surface area contributed by atoms with Crippen molar-refractivity contribution in [3.63, 3.8) is 0 Å². The zero-order valence-electron chi connectivity index (χ0n) is 9.89. The van der Waals surface area contributed by atoms with Gasteiger partial charge in [0, 0.05) is 6.42 Å². The Labute approximate surface area is 93.5 Å². The summed E-state index contributed by atoms with van der Waals surface area (Å²) in [5.41, 5.74) is 0. The first-order chi connectivity index (χ1) is 7.12. The van der Waals surface area contributed by atoms with Crippen LogP contribution in [0, 0.1) is 11.8 Å². The van der Waals surface area contributed by atoms with E-state index in [4.69, 9.17) is 0 Å². The van der Waals surface area contributed by atoms with Gasteiger partial charge in [0.2, 0.25) is 0 Å². The molecule has 0 radical (unpaired) electrons. The molecule has 0 aliphatic heterocycles. The minimum Gasteiger partial charge on any atom is -0.425 e. The maximum Gasteiger partial charge on any atom is 0.491 e. The van der Waals surface area contributed by atoms with Crippen LogP contribution in [0.2, 0.25) is 0 Å². The molecule has 0 amide bonds. The van der Waals surface area contributed by atoms with Gasteiger partial charge in [0.1, 0.15) is 5.76 Å². The van der Waals surface area contributed by atoms with E-state index in [0.29, 0.717) is 6.42 Å². The summed E-state index contributed by atoms with van der Waals surface area (Å²) in [7, 11) is 0. The van der Waals surface area contributed by atoms with Gasteiger partial charge in [-0.05, 0) is 17.9 Å². The summed E-state index contributed by atoms with van der Waals surface area (Å²) in [4.78, 5) is 10.6. The average Bonchev–Trinajstić information content (AvgIpc) is 1.98. The molecule has 0 heterocycles. The summed E-state index contributed by atoms with van der Waals surface area (Å²) < 4.78 is 40.3. The molecule has 16 heavy (non-hydrogen) atoms. The number of ether oxygens (including phenoxy) is 1. The maximum absolute atomic E-state index is 12.0. The largest absolute Gasteiger partial charge is 0.491 e. The molecule has 0 bridgehead atoms. The van der Waals surface area contributed by atoms with Crippen LogP contribution in [0.5, 0.6) is 0 Å². The van der Waals surface area contributed by atoms with Crippen LogP contribution in [-0.4, -0.2) is 12.1 Å². The Kier molecular flexibility index (Phi) is 5.55. The van der Waals surface area contributed by atoms with Crippen molar-refractivity contribution in [1.29, 1.82) is 0 Å². The number of hydrogen-bond donors (Lipinski definition) is 0. The Morgan fingerprint density at radius 1 is 1.25 bits per heavy atom. The predicted octanol–water partition coefficient (Wildman–Crippen LogP) is 3.68. The highest BCUT2D eigenvalue weighted by atomic mass is 19.4. The number of carbonyl (C=O) groups is 1. The van der Waals surface area contributed by atoms with Crippen LogP contribution in [0.4, 0.5) is 13.2 Å². The highest BCUT2D eigenvalue weighted by molar-refractivity contribution is 5.76. The summed E-state index contributed by atoms with van der Waals surface area (Å²) in [6, 6.07) is 0. The first-order valence-electron chi connectivity index (χ1n) is 5.12. The number of halogens is 3. The van der Waals surface area contributed by atoms with Crippen LogP contribution in [0.25, 0.3) is 0 Å². The smallest absolute Gasteiger partial charge is 0.425 e. The van der Waals surface area contributed by atoms with Gasteiger partial charge in [-0.15, -0.1) is 0 Å². The van der Waals surface area contributed by atoms with Crippen molar-refractivity contribution in [3.8, 4) is 0 Å². The number of carbonyl (C=O) groups excluding carboxylic acids is 1. The molecule has 0 aromatic carbocycles. The fourth-order valence-corrected chi connectivity index (χ4v) is 1.09. The number of esters is 1. The molecule has 0 saturated heterocycles. The monoisotopic (exact) mass is 238 g/mol. The molecule has 0 aromatic heterocycles. The molecule has 2 nitrogen and oxygen atoms in total. The molecule has 0 saturated carbocycles. The van der Waals surface area contributed by atoms with E-state index in [0.717, 1.165) is 0 Å². The first-order valence-corrected chi connectivity index (χ1v) is 5.12. The van der Waals surface area contributed by atoms with Gasteiger partial charge < -0.3 is 4.74 Å². The van der Waals surface area contributed by atoms with Gasteiger partial charge in [-0.3, -0.25) is 0 Å². The van der Waals surface area contributed by atoms with Crippen LogP contribution >= 0.6 is 0 Å². The van der Waals surface area contributed by atoms with Gasteiger partial charge in [0.25, 0.3) is 0 Å². The van der Waals surface area contributed by atoms with Crippen LogP contribution < -0.4 is 0 Å². The van der Waals surface area contributed by atoms with Gasteiger partial charge in [-0.2, -0.15) is 13.2 Å². The van der Waals surface area contributed by atoms with E-state index in [2.05, 4.69) is 4.74 Å². The average molecular weight is 238 g/mol. The zero-order chi connectivity index (χ0) is 12.9. The van der Waals surface area contributed by atoms with Crippen molar-refractivity contribution in [2.24, 2.45) is 11.8 Å². The molecule has 0 atom stereocenters. The van der Waals surface area contributed by atoms with Crippen LogP contribution in [0.3, 0.4) is 0 Å². The van der Waals surface area contributed by atoms with Crippen molar-refractivity contribution < 1.29 is 22.7 Å². The number of rotatable bonds is 4. The van der Waals surface area contributed by atoms with Gasteiger partial charge >= 0.3 is 12.1 Å². The number of allylic oxidation sites excluding steroid dienone is 2. The van der Waals surface area contributed by atoms with Crippen molar-refractivity contribution >= 4 is 5.97 Å². The number of hydrogen-bond acceptors (Lipinski definition) is 2. The first kappa shape index (κ1) is 15.0. The van der Waals surface area contributed by atoms with Gasteiger partial charge in [-0.25, -0.2) is 4.79 Å². The standard InChI is InChI=1S/C11H17F3O2/c1-7(2)5-9(6-8(3)4)16-10(15)11(12,13)14/h5,7-8H,6H2,1-4H3. The summed E-state index contributed by atoms with van der Waals surface area (Å²) in [5, 5.41) is 0. The van der Waals surface area contributed by atoms with Crippen molar-refractivity contribution in [2.45, 2.75) is 40.3 Å². The fourth-order valence-electron chi connectivity index (χ4n) is 1.09. The van der Waals surface area contributed by atoms with E-state index in [-0.39, 0.29) is 17.6 Å². The third kappa shape index (κ3) is 6.48. The topological polar surface area (TPSA) is 26.3 Å². The quantitative estimate of drug-likeness (QED) is 0.551. The van der Waals surface area contributed by atoms with Crippen LogP contribution in [-0.2, 0) is 9.53 Å². The van der Waals surface area contributed by atoms with E-state index in [1.165, 1.54) is 6.08 Å². The molecule has 0 aliphatic rings. The molecule has 94 valence electrons. The SMILES string of the molecule is CC(C)C=C(CC(C)C)OC(=O)C(F)(F)F. The number of alkyl halides is 3.